The molecule has 0 amide bonds. The molecule has 0 nitrogen and oxygen atoms in total. The molecule has 0 N–H and O–H groups in total. The van der Waals surface area contributed by atoms with Gasteiger partial charge in [0.25, 0.3) is 0 Å². The summed E-state index contributed by atoms with van der Waals surface area (Å²) in [7, 11) is 0. The first-order chi connectivity index (χ1) is 26.2. The van der Waals surface area contributed by atoms with Crippen LogP contribution in [0.1, 0.15) is 77.5 Å². The van der Waals surface area contributed by atoms with Gasteiger partial charge in [-0.25, -0.2) is 0 Å². The molecule has 1 saturated carbocycles. The van der Waals surface area contributed by atoms with Crippen LogP contribution < -0.4 is 0 Å². The molecular formula is C53H52Hf. The fraction of sp³-hybridized carbons (Fsp3) is 0.226. The van der Waals surface area contributed by atoms with Crippen molar-refractivity contribution >= 4 is 15.4 Å². The zero-order chi connectivity index (χ0) is 37.2. The molecule has 1 heteroatoms. The topological polar surface area (TPSA) is 0 Å². The Bertz CT molecular complexity index is 2410. The van der Waals surface area contributed by atoms with Crippen molar-refractivity contribution < 1.29 is 18.0 Å². The number of aryl methyl sites for hydroxylation is 2. The van der Waals surface area contributed by atoms with Gasteiger partial charge in [-0.2, -0.15) is 0 Å². The normalized spacial score (nSPS) is 17.6. The molecule has 0 spiro atoms. The number of benzene rings is 6. The van der Waals surface area contributed by atoms with Crippen LogP contribution in [0.2, 0.25) is 9.36 Å². The number of hydrogen-bond donors (Lipinski definition) is 0. The van der Waals surface area contributed by atoms with Crippen LogP contribution >= 0.6 is 0 Å². The summed E-state index contributed by atoms with van der Waals surface area (Å²) in [6.07, 6.45) is 15.7. The summed E-state index contributed by atoms with van der Waals surface area (Å²) in [5.74, 6) is 0. The molecule has 1 fully saturated rings. The quantitative estimate of drug-likeness (QED) is 0.146. The third kappa shape index (κ3) is 5.36. The van der Waals surface area contributed by atoms with Crippen LogP contribution in [0.3, 0.4) is 0 Å². The zero-order valence-electron chi connectivity index (χ0n) is 32.8. The molecule has 2 atom stereocenters. The Morgan fingerprint density at radius 2 is 0.870 bits per heavy atom. The van der Waals surface area contributed by atoms with Gasteiger partial charge in [0.05, 0.1) is 0 Å². The van der Waals surface area contributed by atoms with E-state index in [1.54, 1.807) is 11.1 Å². The van der Waals surface area contributed by atoms with E-state index in [2.05, 4.69) is 183 Å². The molecule has 268 valence electrons. The molecule has 2 unspecified atom stereocenters. The Labute approximate surface area is 323 Å². The Hall–Kier alpha value is -4.46. The van der Waals surface area contributed by atoms with Crippen molar-refractivity contribution in [3.63, 3.8) is 0 Å². The van der Waals surface area contributed by atoms with E-state index < -0.39 is 18.0 Å². The molecule has 0 heterocycles. The van der Waals surface area contributed by atoms with Crippen LogP contribution in [0.5, 0.6) is 0 Å². The maximum absolute atomic E-state index is 4.09. The van der Waals surface area contributed by atoms with Crippen molar-refractivity contribution in [2.45, 2.75) is 70.1 Å². The van der Waals surface area contributed by atoms with Crippen molar-refractivity contribution in [2.75, 3.05) is 0 Å². The van der Waals surface area contributed by atoms with E-state index in [0.29, 0.717) is 7.35 Å². The molecule has 0 bridgehead atoms. The van der Waals surface area contributed by atoms with Gasteiger partial charge < -0.3 is 0 Å². The molecule has 54 heavy (non-hydrogen) atoms. The number of fused-ring (bicyclic) bond motifs is 2. The average molecular weight is 867 g/mol. The SMILES string of the molecule is Cc1ccc(-c2cccc3c2C=C[CH]3[Hf]([CH3])([CH3])(=[C]2CCCC2)[CH]2C=Cc3c(-c4ccc(C)c(-c5ccccc5)c4C)cccc32)c(C)c1-c1ccccc1. The van der Waals surface area contributed by atoms with Gasteiger partial charge in [0.1, 0.15) is 0 Å². The minimum atomic E-state index is -4.09. The molecule has 0 radical (unpaired) electrons. The van der Waals surface area contributed by atoms with Crippen molar-refractivity contribution in [3.8, 4) is 44.5 Å². The number of rotatable bonds is 6. The predicted octanol–water partition coefficient (Wildman–Crippen LogP) is 15.0. The first kappa shape index (κ1) is 35.3. The van der Waals surface area contributed by atoms with E-state index in [1.807, 2.05) is 3.26 Å². The Balaban J connectivity index is 1.18. The third-order valence-electron chi connectivity index (χ3n) is 14.1. The second-order valence-electron chi connectivity index (χ2n) is 17.3. The van der Waals surface area contributed by atoms with Gasteiger partial charge in [0.2, 0.25) is 0 Å². The van der Waals surface area contributed by atoms with E-state index in [9.17, 15) is 0 Å². The Morgan fingerprint density at radius 3 is 1.30 bits per heavy atom. The summed E-state index contributed by atoms with van der Waals surface area (Å²) >= 11 is -4.09. The van der Waals surface area contributed by atoms with E-state index >= 15 is 0 Å². The first-order valence-electron chi connectivity index (χ1n) is 20.2. The molecule has 6 aromatic carbocycles. The van der Waals surface area contributed by atoms with Crippen LogP contribution in [0.25, 0.3) is 56.7 Å². The van der Waals surface area contributed by atoms with Crippen molar-refractivity contribution in [1.82, 2.24) is 0 Å². The Kier molecular flexibility index (Phi) is 8.74. The van der Waals surface area contributed by atoms with Crippen LogP contribution in [0.15, 0.2) is 133 Å². The molecule has 0 aliphatic heterocycles. The van der Waals surface area contributed by atoms with Crippen molar-refractivity contribution in [1.29, 1.82) is 0 Å². The summed E-state index contributed by atoms with van der Waals surface area (Å²) in [5.41, 5.74) is 22.2. The fourth-order valence-electron chi connectivity index (χ4n) is 11.3. The average Bonchev–Trinajstić information content (AvgIpc) is 3.98. The zero-order valence-corrected chi connectivity index (χ0v) is 36.4. The van der Waals surface area contributed by atoms with E-state index in [1.165, 1.54) is 104 Å². The molecule has 3 aliphatic rings. The van der Waals surface area contributed by atoms with E-state index in [4.69, 9.17) is 0 Å². The predicted molar refractivity (Wildman–Crippen MR) is 232 cm³/mol. The summed E-state index contributed by atoms with van der Waals surface area (Å²) in [5, 5.41) is 0. The molecule has 9 rings (SSSR count). The second kappa shape index (κ2) is 13.4. The van der Waals surface area contributed by atoms with E-state index in [0.717, 1.165) is 0 Å². The monoisotopic (exact) mass is 868 g/mol. The molecule has 6 aromatic rings. The van der Waals surface area contributed by atoms with Gasteiger partial charge in [-0.1, -0.05) is 0 Å². The Morgan fingerprint density at radius 1 is 0.444 bits per heavy atom. The molecular weight excluding hydrogens is 815 g/mol. The first-order valence-corrected chi connectivity index (χ1v) is 33.3. The number of hydrogen-bond acceptors (Lipinski definition) is 0. The van der Waals surface area contributed by atoms with Crippen LogP contribution in [0.4, 0.5) is 0 Å². The standard InChI is InChI=1S/2C23H19.C5H8.2CH3.Hf/c2*1-16-14-15-20(17(2)23(16)19-8-4-3-5-9-19)22-13-7-11-18-10-6-12-21(18)22;1-2-4-5-3-1;;;/h2*3-15H,1-2H3;1-4H2;2*1H3;. The van der Waals surface area contributed by atoms with Crippen LogP contribution in [-0.2, 0) is 18.0 Å². The van der Waals surface area contributed by atoms with Gasteiger partial charge in [-0.15, -0.1) is 0 Å². The summed E-state index contributed by atoms with van der Waals surface area (Å²) in [6, 6.07) is 45.7. The van der Waals surface area contributed by atoms with Gasteiger partial charge >= 0.3 is 326 Å². The van der Waals surface area contributed by atoms with Gasteiger partial charge in [-0.05, 0) is 0 Å². The maximum atomic E-state index is 2.85. The summed E-state index contributed by atoms with van der Waals surface area (Å²) in [6.45, 7) is 9.17. The third-order valence-corrected chi connectivity index (χ3v) is 41.3. The van der Waals surface area contributed by atoms with Gasteiger partial charge in [0.15, 0.2) is 0 Å². The molecule has 0 aromatic heterocycles. The molecule has 3 aliphatic carbocycles. The summed E-state index contributed by atoms with van der Waals surface area (Å²) in [4.78, 5) is 0. The fourth-order valence-corrected chi connectivity index (χ4v) is 36.4. The number of allylic oxidation sites excluding steroid dienone is 2. The van der Waals surface area contributed by atoms with Gasteiger partial charge in [-0.3, -0.25) is 0 Å². The summed E-state index contributed by atoms with van der Waals surface area (Å²) < 4.78 is 8.59. The minimum absolute atomic E-state index is 0.472. The van der Waals surface area contributed by atoms with Gasteiger partial charge in [0, 0.05) is 0 Å². The van der Waals surface area contributed by atoms with Crippen molar-refractivity contribution in [2.24, 2.45) is 0 Å². The molecule has 0 saturated heterocycles. The van der Waals surface area contributed by atoms with Crippen LogP contribution in [-0.4, -0.2) is 3.26 Å². The second-order valence-corrected chi connectivity index (χ2v) is 43.1. The van der Waals surface area contributed by atoms with E-state index in [-0.39, 0.29) is 0 Å². The van der Waals surface area contributed by atoms with Crippen LogP contribution in [0, 0.1) is 27.7 Å². The van der Waals surface area contributed by atoms with Crippen molar-refractivity contribution in [3.05, 3.63) is 178 Å².